The zero-order valence-corrected chi connectivity index (χ0v) is 19.8. The van der Waals surface area contributed by atoms with Crippen molar-refractivity contribution < 1.29 is 13.7 Å². The molecule has 0 bridgehead atoms. The molecule has 0 unspecified atom stereocenters. The molecule has 0 aromatic carbocycles. The minimum absolute atomic E-state index is 0.0769. The highest BCUT2D eigenvalue weighted by Gasteiger charge is 2.40. The summed E-state index contributed by atoms with van der Waals surface area (Å²) in [5, 5.41) is 8.03. The van der Waals surface area contributed by atoms with Gasteiger partial charge in [0, 0.05) is 42.2 Å². The highest BCUT2D eigenvalue weighted by atomic mass is 32.2. The van der Waals surface area contributed by atoms with E-state index in [0.29, 0.717) is 34.6 Å². The molecule has 1 aliphatic heterocycles. The maximum atomic E-state index is 13.5. The van der Waals surface area contributed by atoms with Crippen molar-refractivity contribution in [2.45, 2.75) is 52.0 Å². The number of carbonyl (C=O) groups is 1. The molecule has 3 aromatic heterocycles. The van der Waals surface area contributed by atoms with Crippen LogP contribution >= 0.6 is 11.8 Å². The van der Waals surface area contributed by atoms with E-state index in [-0.39, 0.29) is 11.4 Å². The average molecular weight is 455 g/mol. The van der Waals surface area contributed by atoms with Crippen LogP contribution in [0.3, 0.4) is 0 Å². The van der Waals surface area contributed by atoms with Crippen LogP contribution in [0.5, 0.6) is 0 Å². The summed E-state index contributed by atoms with van der Waals surface area (Å²) >= 11 is 2.02. The van der Waals surface area contributed by atoms with Crippen LogP contribution in [-0.2, 0) is 0 Å². The van der Waals surface area contributed by atoms with Crippen molar-refractivity contribution in [3.63, 3.8) is 0 Å². The Kier molecular flexibility index (Phi) is 5.75. The number of rotatable bonds is 5. The van der Waals surface area contributed by atoms with E-state index < -0.39 is 0 Å². The summed E-state index contributed by atoms with van der Waals surface area (Å²) in [7, 11) is 0. The molecule has 170 valence electrons. The second kappa shape index (κ2) is 8.56. The lowest BCUT2D eigenvalue weighted by Crippen LogP contribution is -2.56. The lowest BCUT2D eigenvalue weighted by atomic mass is 9.94. The van der Waals surface area contributed by atoms with E-state index in [9.17, 15) is 4.79 Å². The number of pyridine rings is 1. The van der Waals surface area contributed by atoms with Crippen LogP contribution in [0.4, 0.5) is 0 Å². The molecule has 32 heavy (non-hydrogen) atoms. The van der Waals surface area contributed by atoms with Crippen LogP contribution in [0.15, 0.2) is 21.1 Å². The summed E-state index contributed by atoms with van der Waals surface area (Å²) < 4.78 is 11.1. The summed E-state index contributed by atoms with van der Waals surface area (Å²) in [5.74, 6) is 3.83. The fourth-order valence-corrected chi connectivity index (χ4v) is 6.22. The van der Waals surface area contributed by atoms with E-state index >= 15 is 0 Å². The van der Waals surface area contributed by atoms with Gasteiger partial charge in [0.25, 0.3) is 11.6 Å². The fraction of sp³-hybridized carbons (Fsp3) is 0.542. The minimum atomic E-state index is -0.0968. The van der Waals surface area contributed by atoms with Crippen molar-refractivity contribution in [1.82, 2.24) is 20.4 Å². The number of aryl methyl sites for hydroxylation is 3. The monoisotopic (exact) mass is 454 g/mol. The molecule has 1 saturated heterocycles. The van der Waals surface area contributed by atoms with Gasteiger partial charge in [-0.1, -0.05) is 18.0 Å². The first kappa shape index (κ1) is 21.5. The number of fused-ring (bicyclic) bond motifs is 1. The zero-order chi connectivity index (χ0) is 22.3. The number of nitrogens with zero attached hydrogens (tertiary/aromatic N) is 3. The number of hydrogen-bond donors (Lipinski definition) is 1. The molecule has 1 aliphatic carbocycles. The summed E-state index contributed by atoms with van der Waals surface area (Å²) in [6.45, 7) is 8.54. The van der Waals surface area contributed by atoms with Crippen LogP contribution < -0.4 is 5.32 Å². The summed E-state index contributed by atoms with van der Waals surface area (Å²) in [6.07, 6.45) is 4.75. The molecular formula is C24H30N4O3S. The Hall–Kier alpha value is -2.32. The highest BCUT2D eigenvalue weighted by molar-refractivity contribution is 7.99. The number of amides is 1. The van der Waals surface area contributed by atoms with E-state index in [1.54, 1.807) is 0 Å². The van der Waals surface area contributed by atoms with Crippen molar-refractivity contribution in [3.05, 3.63) is 34.9 Å². The lowest BCUT2D eigenvalue weighted by molar-refractivity contribution is 0.0818. The van der Waals surface area contributed by atoms with Gasteiger partial charge < -0.3 is 14.3 Å². The van der Waals surface area contributed by atoms with Gasteiger partial charge in [0.15, 0.2) is 0 Å². The number of hydrogen-bond acceptors (Lipinski definition) is 7. The largest absolute Gasteiger partial charge is 0.466 e. The Morgan fingerprint density at radius 2 is 1.94 bits per heavy atom. The Bertz CT molecular complexity index is 1140. The van der Waals surface area contributed by atoms with Crippen molar-refractivity contribution in [2.24, 2.45) is 0 Å². The highest BCUT2D eigenvalue weighted by Crippen LogP contribution is 2.36. The molecule has 4 heterocycles. The molecule has 0 atom stereocenters. The van der Waals surface area contributed by atoms with E-state index in [2.05, 4.69) is 20.4 Å². The molecule has 5 rings (SSSR count). The third-order valence-electron chi connectivity index (χ3n) is 6.97. The van der Waals surface area contributed by atoms with Crippen molar-refractivity contribution in [1.29, 1.82) is 0 Å². The Morgan fingerprint density at radius 3 is 2.62 bits per heavy atom. The number of furan rings is 1. The molecule has 1 amide bonds. The molecular weight excluding hydrogens is 424 g/mol. The van der Waals surface area contributed by atoms with Gasteiger partial charge >= 0.3 is 0 Å². The van der Waals surface area contributed by atoms with Crippen molar-refractivity contribution >= 4 is 28.8 Å². The number of aromatic nitrogens is 2. The Balaban J connectivity index is 1.46. The minimum Gasteiger partial charge on any atom is -0.466 e. The summed E-state index contributed by atoms with van der Waals surface area (Å²) in [4.78, 5) is 20.8. The van der Waals surface area contributed by atoms with Gasteiger partial charge in [-0.05, 0) is 45.7 Å². The van der Waals surface area contributed by atoms with E-state index in [0.717, 1.165) is 43.0 Å². The van der Waals surface area contributed by atoms with E-state index in [1.165, 1.54) is 24.3 Å². The number of nitrogens with one attached hydrogen (secondary N) is 1. The number of thioether (sulfide) groups is 1. The van der Waals surface area contributed by atoms with Crippen LogP contribution in [0, 0.1) is 20.8 Å². The van der Waals surface area contributed by atoms with Crippen molar-refractivity contribution in [2.75, 3.05) is 31.1 Å². The number of carbonyl (C=O) groups excluding carboxylic acids is 1. The predicted molar refractivity (Wildman–Crippen MR) is 126 cm³/mol. The fourth-order valence-electron chi connectivity index (χ4n) is 5.31. The topological polar surface area (TPSA) is 84.4 Å². The first-order valence-electron chi connectivity index (χ1n) is 11.4. The second-order valence-electron chi connectivity index (χ2n) is 9.04. The third-order valence-corrected chi connectivity index (χ3v) is 7.92. The average Bonchev–Trinajstić information content (AvgIpc) is 3.51. The maximum Gasteiger partial charge on any atom is 0.259 e. The van der Waals surface area contributed by atoms with Gasteiger partial charge in [-0.25, -0.2) is 4.98 Å². The standard InChI is InChI=1S/C24H30N4O3S/c1-15-12-18(17(3)30-15)20-13-19(21-16(2)27-31-23(21)26-20)22(29)25-14-24(6-4-5-7-24)28-8-10-32-11-9-28/h12-13H,4-11,14H2,1-3H3,(H,25,29). The first-order valence-corrected chi connectivity index (χ1v) is 12.6. The van der Waals surface area contributed by atoms with Crippen LogP contribution in [0.2, 0.25) is 0 Å². The molecule has 0 spiro atoms. The molecule has 7 nitrogen and oxygen atoms in total. The molecule has 0 radical (unpaired) electrons. The van der Waals surface area contributed by atoms with Gasteiger partial charge in [0.1, 0.15) is 11.5 Å². The smallest absolute Gasteiger partial charge is 0.259 e. The quantitative estimate of drug-likeness (QED) is 0.608. The molecule has 3 aromatic rings. The van der Waals surface area contributed by atoms with Crippen LogP contribution in [0.25, 0.3) is 22.4 Å². The molecule has 1 N–H and O–H groups in total. The van der Waals surface area contributed by atoms with Gasteiger partial charge in [-0.15, -0.1) is 0 Å². The summed E-state index contributed by atoms with van der Waals surface area (Å²) in [5.41, 5.74) is 3.22. The summed E-state index contributed by atoms with van der Waals surface area (Å²) in [6, 6.07) is 3.79. The van der Waals surface area contributed by atoms with Crippen molar-refractivity contribution in [3.8, 4) is 11.3 Å². The molecule has 8 heteroatoms. The van der Waals surface area contributed by atoms with Crippen LogP contribution in [0.1, 0.15) is 53.3 Å². The molecule has 2 aliphatic rings. The van der Waals surface area contributed by atoms with Gasteiger partial charge in [0.2, 0.25) is 0 Å². The van der Waals surface area contributed by atoms with Gasteiger partial charge in [-0.3, -0.25) is 9.69 Å². The predicted octanol–water partition coefficient (Wildman–Crippen LogP) is 4.50. The van der Waals surface area contributed by atoms with Gasteiger partial charge in [0.05, 0.1) is 22.3 Å². The zero-order valence-electron chi connectivity index (χ0n) is 19.0. The lowest BCUT2D eigenvalue weighted by Gasteiger charge is -2.43. The Morgan fingerprint density at radius 1 is 1.19 bits per heavy atom. The SMILES string of the molecule is Cc1cc(-c2cc(C(=O)NCC3(N4CCSCC4)CCCC3)c3c(C)noc3n2)c(C)o1. The van der Waals surface area contributed by atoms with Gasteiger partial charge in [-0.2, -0.15) is 11.8 Å². The maximum absolute atomic E-state index is 13.5. The molecule has 2 fully saturated rings. The van der Waals surface area contributed by atoms with E-state index in [1.807, 2.05) is 44.7 Å². The van der Waals surface area contributed by atoms with E-state index in [4.69, 9.17) is 8.94 Å². The Labute approximate surface area is 192 Å². The first-order chi connectivity index (χ1) is 15.5. The second-order valence-corrected chi connectivity index (χ2v) is 10.3. The van der Waals surface area contributed by atoms with Crippen LogP contribution in [-0.4, -0.2) is 57.6 Å². The normalized spacial score (nSPS) is 19.0. The molecule has 1 saturated carbocycles. The third kappa shape index (κ3) is 3.83.